The molecule has 1 unspecified atom stereocenters. The quantitative estimate of drug-likeness (QED) is 0.732. The average Bonchev–Trinajstić information content (AvgIpc) is 3.20. The number of aromatic amines is 1. The molecule has 1 N–H and O–H groups in total. The topological polar surface area (TPSA) is 56.4 Å². The van der Waals surface area contributed by atoms with Gasteiger partial charge in [-0.3, -0.25) is 19.4 Å². The molecule has 5 heteroatoms. The lowest BCUT2D eigenvalue weighted by Crippen LogP contribution is -2.44. The van der Waals surface area contributed by atoms with Gasteiger partial charge in [0.1, 0.15) is 0 Å². The Morgan fingerprint density at radius 1 is 1.00 bits per heavy atom. The molecule has 1 fully saturated rings. The molecule has 1 atom stereocenters. The SMILES string of the molecule is O=C1CC(N2CCc3c([nH]c4ccccc34)C2)C(=O)N1Cc1ccccc1. The van der Waals surface area contributed by atoms with Crippen LogP contribution in [0.5, 0.6) is 0 Å². The van der Waals surface area contributed by atoms with Crippen molar-refractivity contribution in [1.82, 2.24) is 14.8 Å². The number of aromatic nitrogens is 1. The maximum Gasteiger partial charge on any atom is 0.247 e. The zero-order valence-electron chi connectivity index (χ0n) is 15.0. The first-order chi connectivity index (χ1) is 13.2. The van der Waals surface area contributed by atoms with Crippen LogP contribution >= 0.6 is 0 Å². The number of nitrogens with one attached hydrogen (secondary N) is 1. The van der Waals surface area contributed by atoms with Crippen molar-refractivity contribution in [2.75, 3.05) is 6.54 Å². The normalized spacial score (nSPS) is 20.4. The summed E-state index contributed by atoms with van der Waals surface area (Å²) in [5.41, 5.74) is 4.64. The van der Waals surface area contributed by atoms with E-state index in [0.29, 0.717) is 13.1 Å². The Kier molecular flexibility index (Phi) is 3.83. The number of benzene rings is 2. The molecule has 1 aromatic heterocycles. The zero-order chi connectivity index (χ0) is 18.4. The van der Waals surface area contributed by atoms with Crippen LogP contribution in [0.25, 0.3) is 10.9 Å². The van der Waals surface area contributed by atoms with Crippen molar-refractivity contribution in [3.63, 3.8) is 0 Å². The Morgan fingerprint density at radius 3 is 2.63 bits per heavy atom. The van der Waals surface area contributed by atoms with Crippen LogP contribution in [-0.4, -0.2) is 39.2 Å². The Labute approximate surface area is 157 Å². The first-order valence-corrected chi connectivity index (χ1v) is 9.41. The number of amides is 2. The number of imide groups is 1. The van der Waals surface area contributed by atoms with E-state index in [-0.39, 0.29) is 24.3 Å². The third-order valence-electron chi connectivity index (χ3n) is 5.76. The van der Waals surface area contributed by atoms with Crippen molar-refractivity contribution in [1.29, 1.82) is 0 Å². The van der Waals surface area contributed by atoms with E-state index in [1.807, 2.05) is 36.4 Å². The molecule has 0 spiro atoms. The Hall–Kier alpha value is -2.92. The standard InChI is InChI=1S/C22H21N3O2/c26-21-12-20(22(27)25(21)13-15-6-2-1-3-7-15)24-11-10-17-16-8-4-5-9-18(16)23-19(17)14-24/h1-9,20,23H,10-14H2. The van der Waals surface area contributed by atoms with Crippen molar-refractivity contribution in [3.05, 3.63) is 71.4 Å². The predicted molar refractivity (Wildman–Crippen MR) is 103 cm³/mol. The molecule has 0 aliphatic carbocycles. The van der Waals surface area contributed by atoms with Gasteiger partial charge in [-0.05, 0) is 23.6 Å². The lowest BCUT2D eigenvalue weighted by atomic mass is 10.0. The zero-order valence-corrected chi connectivity index (χ0v) is 15.0. The van der Waals surface area contributed by atoms with E-state index in [4.69, 9.17) is 0 Å². The van der Waals surface area contributed by atoms with Crippen molar-refractivity contribution in [2.45, 2.75) is 32.0 Å². The number of fused-ring (bicyclic) bond motifs is 3. The Morgan fingerprint density at radius 2 is 1.78 bits per heavy atom. The monoisotopic (exact) mass is 359 g/mol. The van der Waals surface area contributed by atoms with Crippen LogP contribution in [0.15, 0.2) is 54.6 Å². The van der Waals surface area contributed by atoms with E-state index >= 15 is 0 Å². The van der Waals surface area contributed by atoms with Gasteiger partial charge in [-0.15, -0.1) is 0 Å². The fraction of sp³-hybridized carbons (Fsp3) is 0.273. The van der Waals surface area contributed by atoms with Gasteiger partial charge in [-0.2, -0.15) is 0 Å². The second-order valence-corrected chi connectivity index (χ2v) is 7.37. The highest BCUT2D eigenvalue weighted by Gasteiger charge is 2.42. The van der Waals surface area contributed by atoms with Crippen LogP contribution in [0.4, 0.5) is 0 Å². The van der Waals surface area contributed by atoms with Crippen molar-refractivity contribution in [3.8, 4) is 0 Å². The van der Waals surface area contributed by atoms with Crippen LogP contribution < -0.4 is 0 Å². The number of carbonyl (C=O) groups is 2. The number of para-hydroxylation sites is 1. The number of rotatable bonds is 3. The summed E-state index contributed by atoms with van der Waals surface area (Å²) in [7, 11) is 0. The van der Waals surface area contributed by atoms with Gasteiger partial charge in [0, 0.05) is 29.7 Å². The number of hydrogen-bond donors (Lipinski definition) is 1. The molecular weight excluding hydrogens is 338 g/mol. The molecule has 5 nitrogen and oxygen atoms in total. The summed E-state index contributed by atoms with van der Waals surface area (Å²) in [5.74, 6) is -0.139. The van der Waals surface area contributed by atoms with Crippen molar-refractivity contribution < 1.29 is 9.59 Å². The van der Waals surface area contributed by atoms with Crippen molar-refractivity contribution >= 4 is 22.7 Å². The minimum atomic E-state index is -0.347. The van der Waals surface area contributed by atoms with E-state index in [0.717, 1.165) is 24.0 Å². The highest BCUT2D eigenvalue weighted by molar-refractivity contribution is 6.05. The van der Waals surface area contributed by atoms with Gasteiger partial charge in [-0.1, -0.05) is 48.5 Å². The highest BCUT2D eigenvalue weighted by atomic mass is 16.2. The molecule has 2 aliphatic heterocycles. The maximum absolute atomic E-state index is 13.0. The van der Waals surface area contributed by atoms with Crippen LogP contribution in [0.2, 0.25) is 0 Å². The summed E-state index contributed by atoms with van der Waals surface area (Å²) in [6, 6.07) is 17.7. The van der Waals surface area contributed by atoms with Gasteiger partial charge in [0.05, 0.1) is 19.0 Å². The number of hydrogen-bond acceptors (Lipinski definition) is 3. The van der Waals surface area contributed by atoms with E-state index < -0.39 is 0 Å². The molecule has 136 valence electrons. The largest absolute Gasteiger partial charge is 0.357 e. The molecule has 0 radical (unpaired) electrons. The second-order valence-electron chi connectivity index (χ2n) is 7.37. The average molecular weight is 359 g/mol. The second kappa shape index (κ2) is 6.35. The number of carbonyl (C=O) groups excluding carboxylic acids is 2. The molecule has 0 saturated carbocycles. The first kappa shape index (κ1) is 16.3. The molecule has 27 heavy (non-hydrogen) atoms. The molecule has 3 heterocycles. The minimum Gasteiger partial charge on any atom is -0.357 e. The maximum atomic E-state index is 13.0. The molecule has 3 aromatic rings. The molecule has 0 bridgehead atoms. The van der Waals surface area contributed by atoms with E-state index in [1.54, 1.807) is 0 Å². The van der Waals surface area contributed by atoms with Crippen LogP contribution in [0.1, 0.15) is 23.2 Å². The van der Waals surface area contributed by atoms with Crippen LogP contribution in [0.3, 0.4) is 0 Å². The predicted octanol–water partition coefficient (Wildman–Crippen LogP) is 2.85. The van der Waals surface area contributed by atoms with Crippen molar-refractivity contribution in [2.24, 2.45) is 0 Å². The lowest BCUT2D eigenvalue weighted by molar-refractivity contribution is -0.140. The molecule has 1 saturated heterocycles. The third-order valence-corrected chi connectivity index (χ3v) is 5.76. The third kappa shape index (κ3) is 2.75. The Bertz CT molecular complexity index is 1020. The first-order valence-electron chi connectivity index (χ1n) is 9.41. The van der Waals surface area contributed by atoms with Gasteiger partial charge >= 0.3 is 0 Å². The number of likely N-dealkylation sites (tertiary alicyclic amines) is 1. The van der Waals surface area contributed by atoms with Gasteiger partial charge in [-0.25, -0.2) is 0 Å². The fourth-order valence-corrected chi connectivity index (χ4v) is 4.36. The molecular formula is C22H21N3O2. The van der Waals surface area contributed by atoms with Gasteiger partial charge < -0.3 is 4.98 Å². The summed E-state index contributed by atoms with van der Waals surface area (Å²) in [6.45, 7) is 1.85. The number of H-pyrrole nitrogens is 1. The summed E-state index contributed by atoms with van der Waals surface area (Å²) in [5, 5.41) is 1.27. The van der Waals surface area contributed by atoms with E-state index in [2.05, 4.69) is 28.1 Å². The van der Waals surface area contributed by atoms with Gasteiger partial charge in [0.15, 0.2) is 0 Å². The van der Waals surface area contributed by atoms with Crippen LogP contribution in [-0.2, 0) is 29.1 Å². The molecule has 5 rings (SSSR count). The molecule has 2 aliphatic rings. The van der Waals surface area contributed by atoms with E-state index in [9.17, 15) is 9.59 Å². The Balaban J connectivity index is 1.36. The van der Waals surface area contributed by atoms with E-state index in [1.165, 1.54) is 21.5 Å². The van der Waals surface area contributed by atoms with Gasteiger partial charge in [0.25, 0.3) is 0 Å². The summed E-state index contributed by atoms with van der Waals surface area (Å²) >= 11 is 0. The lowest BCUT2D eigenvalue weighted by Gasteiger charge is -2.30. The number of nitrogens with zero attached hydrogens (tertiary/aromatic N) is 2. The summed E-state index contributed by atoms with van der Waals surface area (Å²) < 4.78 is 0. The fourth-order valence-electron chi connectivity index (χ4n) is 4.36. The highest BCUT2D eigenvalue weighted by Crippen LogP contribution is 2.30. The van der Waals surface area contributed by atoms with Gasteiger partial charge in [0.2, 0.25) is 11.8 Å². The minimum absolute atomic E-state index is 0.0663. The summed E-state index contributed by atoms with van der Waals surface area (Å²) in [6.07, 6.45) is 1.18. The molecule has 2 amide bonds. The summed E-state index contributed by atoms with van der Waals surface area (Å²) in [4.78, 5) is 32.5. The molecule has 2 aromatic carbocycles. The smallest absolute Gasteiger partial charge is 0.247 e. The van der Waals surface area contributed by atoms with Crippen LogP contribution in [0, 0.1) is 0 Å².